The van der Waals surface area contributed by atoms with Crippen molar-refractivity contribution in [1.29, 1.82) is 0 Å². The summed E-state index contributed by atoms with van der Waals surface area (Å²) in [5, 5.41) is 3.35. The maximum atomic E-state index is 5.37. The molecule has 2 aliphatic heterocycles. The largest absolute Gasteiger partial charge is 0.380 e. The van der Waals surface area contributed by atoms with Crippen LogP contribution in [0.2, 0.25) is 0 Å². The molecular formula is C10H19NO. The smallest absolute Gasteiger partial charge is 0.0548 e. The summed E-state index contributed by atoms with van der Waals surface area (Å²) in [7, 11) is 0. The number of hydrogen-bond donors (Lipinski definition) is 1. The summed E-state index contributed by atoms with van der Waals surface area (Å²) < 4.78 is 5.37. The molecule has 1 N–H and O–H groups in total. The van der Waals surface area contributed by atoms with Crippen LogP contribution in [0.4, 0.5) is 0 Å². The van der Waals surface area contributed by atoms with Crippen molar-refractivity contribution in [2.24, 2.45) is 17.3 Å². The second-order valence-corrected chi connectivity index (χ2v) is 4.81. The van der Waals surface area contributed by atoms with Gasteiger partial charge >= 0.3 is 0 Å². The Hall–Kier alpha value is -0.0800. The SMILES string of the molecule is CC(C)CC1(C2CNC2)COC1. The fourth-order valence-electron chi connectivity index (χ4n) is 2.42. The number of hydrogen-bond acceptors (Lipinski definition) is 2. The van der Waals surface area contributed by atoms with Gasteiger partial charge in [-0.3, -0.25) is 0 Å². The van der Waals surface area contributed by atoms with Gasteiger partial charge < -0.3 is 10.1 Å². The second kappa shape index (κ2) is 3.00. The molecule has 0 aliphatic carbocycles. The van der Waals surface area contributed by atoms with Crippen molar-refractivity contribution in [2.75, 3.05) is 26.3 Å². The third-order valence-corrected chi connectivity index (χ3v) is 3.24. The van der Waals surface area contributed by atoms with E-state index < -0.39 is 0 Å². The average molecular weight is 169 g/mol. The van der Waals surface area contributed by atoms with E-state index in [-0.39, 0.29) is 0 Å². The van der Waals surface area contributed by atoms with E-state index in [1.54, 1.807) is 0 Å². The first-order valence-electron chi connectivity index (χ1n) is 5.01. The van der Waals surface area contributed by atoms with Crippen LogP contribution in [-0.2, 0) is 4.74 Å². The van der Waals surface area contributed by atoms with Crippen LogP contribution < -0.4 is 5.32 Å². The lowest BCUT2D eigenvalue weighted by Gasteiger charge is -2.52. The van der Waals surface area contributed by atoms with Gasteiger partial charge in [-0.15, -0.1) is 0 Å². The first kappa shape index (κ1) is 8.52. The molecule has 0 radical (unpaired) electrons. The van der Waals surface area contributed by atoms with Crippen LogP contribution in [0, 0.1) is 17.3 Å². The van der Waals surface area contributed by atoms with E-state index in [0.717, 1.165) is 25.0 Å². The van der Waals surface area contributed by atoms with Crippen molar-refractivity contribution >= 4 is 0 Å². The van der Waals surface area contributed by atoms with Crippen LogP contribution in [0.5, 0.6) is 0 Å². The molecule has 0 bridgehead atoms. The molecule has 0 aromatic carbocycles. The summed E-state index contributed by atoms with van der Waals surface area (Å²) >= 11 is 0. The molecule has 2 heterocycles. The molecule has 0 unspecified atom stereocenters. The summed E-state index contributed by atoms with van der Waals surface area (Å²) in [5.41, 5.74) is 0.555. The quantitative estimate of drug-likeness (QED) is 0.687. The molecule has 2 nitrogen and oxygen atoms in total. The topological polar surface area (TPSA) is 21.3 Å². The Kier molecular flexibility index (Phi) is 2.13. The van der Waals surface area contributed by atoms with E-state index in [0.29, 0.717) is 5.41 Å². The number of nitrogens with one attached hydrogen (secondary N) is 1. The molecular weight excluding hydrogens is 150 g/mol. The van der Waals surface area contributed by atoms with Crippen molar-refractivity contribution < 1.29 is 4.74 Å². The Morgan fingerprint density at radius 2 is 2.08 bits per heavy atom. The molecule has 2 aliphatic rings. The molecule has 2 saturated heterocycles. The first-order valence-corrected chi connectivity index (χ1v) is 5.01. The molecule has 0 amide bonds. The van der Waals surface area contributed by atoms with Crippen LogP contribution >= 0.6 is 0 Å². The van der Waals surface area contributed by atoms with Crippen molar-refractivity contribution in [3.05, 3.63) is 0 Å². The van der Waals surface area contributed by atoms with Gasteiger partial charge in [0, 0.05) is 5.41 Å². The number of rotatable bonds is 3. The highest BCUT2D eigenvalue weighted by molar-refractivity contribution is 4.98. The standard InChI is InChI=1S/C10H19NO/c1-8(2)3-10(6-12-7-10)9-4-11-5-9/h8-9,11H,3-7H2,1-2H3. The van der Waals surface area contributed by atoms with E-state index >= 15 is 0 Å². The predicted molar refractivity (Wildman–Crippen MR) is 49.1 cm³/mol. The molecule has 2 heteroatoms. The highest BCUT2D eigenvalue weighted by Gasteiger charge is 2.47. The molecule has 0 atom stereocenters. The molecule has 0 spiro atoms. The molecule has 0 aromatic rings. The molecule has 2 rings (SSSR count). The minimum Gasteiger partial charge on any atom is -0.380 e. The van der Waals surface area contributed by atoms with E-state index in [9.17, 15) is 0 Å². The van der Waals surface area contributed by atoms with Crippen LogP contribution in [-0.4, -0.2) is 26.3 Å². The third-order valence-electron chi connectivity index (χ3n) is 3.24. The summed E-state index contributed by atoms with van der Waals surface area (Å²) in [5.74, 6) is 1.71. The highest BCUT2D eigenvalue weighted by Crippen LogP contribution is 2.43. The lowest BCUT2D eigenvalue weighted by molar-refractivity contribution is -0.165. The minimum absolute atomic E-state index is 0.555. The average Bonchev–Trinajstić information content (AvgIpc) is 1.77. The van der Waals surface area contributed by atoms with Gasteiger partial charge in [-0.2, -0.15) is 0 Å². The zero-order valence-corrected chi connectivity index (χ0v) is 8.10. The second-order valence-electron chi connectivity index (χ2n) is 4.81. The zero-order chi connectivity index (χ0) is 8.60. The van der Waals surface area contributed by atoms with Crippen molar-refractivity contribution in [2.45, 2.75) is 20.3 Å². The Bertz CT molecular complexity index is 159. The van der Waals surface area contributed by atoms with Gasteiger partial charge in [-0.05, 0) is 31.3 Å². The fraction of sp³-hybridized carbons (Fsp3) is 1.00. The van der Waals surface area contributed by atoms with Gasteiger partial charge in [0.05, 0.1) is 13.2 Å². The van der Waals surface area contributed by atoms with Crippen molar-refractivity contribution in [3.8, 4) is 0 Å². The van der Waals surface area contributed by atoms with Gasteiger partial charge in [0.1, 0.15) is 0 Å². The van der Waals surface area contributed by atoms with Gasteiger partial charge in [-0.1, -0.05) is 13.8 Å². The zero-order valence-electron chi connectivity index (χ0n) is 8.10. The van der Waals surface area contributed by atoms with Crippen molar-refractivity contribution in [3.63, 3.8) is 0 Å². The lowest BCUT2D eigenvalue weighted by atomic mass is 9.66. The summed E-state index contributed by atoms with van der Waals surface area (Å²) in [4.78, 5) is 0. The summed E-state index contributed by atoms with van der Waals surface area (Å²) in [6.07, 6.45) is 1.35. The molecule has 0 saturated carbocycles. The summed E-state index contributed by atoms with van der Waals surface area (Å²) in [6.45, 7) is 9.08. The first-order chi connectivity index (χ1) is 5.73. The van der Waals surface area contributed by atoms with Gasteiger partial charge in [0.2, 0.25) is 0 Å². The maximum absolute atomic E-state index is 5.37. The third kappa shape index (κ3) is 1.27. The molecule has 70 valence electrons. The highest BCUT2D eigenvalue weighted by atomic mass is 16.5. The van der Waals surface area contributed by atoms with Gasteiger partial charge in [0.25, 0.3) is 0 Å². The van der Waals surface area contributed by atoms with Crippen LogP contribution in [0.1, 0.15) is 20.3 Å². The lowest BCUT2D eigenvalue weighted by Crippen LogP contribution is -2.60. The van der Waals surface area contributed by atoms with Gasteiger partial charge in [-0.25, -0.2) is 0 Å². The van der Waals surface area contributed by atoms with E-state index in [1.807, 2.05) is 0 Å². The van der Waals surface area contributed by atoms with E-state index in [1.165, 1.54) is 19.5 Å². The molecule has 2 fully saturated rings. The van der Waals surface area contributed by atoms with Crippen molar-refractivity contribution in [1.82, 2.24) is 5.32 Å². The Morgan fingerprint density at radius 1 is 1.42 bits per heavy atom. The minimum atomic E-state index is 0.555. The van der Waals surface area contributed by atoms with E-state index in [2.05, 4.69) is 19.2 Å². The monoisotopic (exact) mass is 169 g/mol. The van der Waals surface area contributed by atoms with Crippen LogP contribution in [0.3, 0.4) is 0 Å². The van der Waals surface area contributed by atoms with Crippen LogP contribution in [0.15, 0.2) is 0 Å². The summed E-state index contributed by atoms with van der Waals surface area (Å²) in [6, 6.07) is 0. The Balaban J connectivity index is 1.93. The molecule has 12 heavy (non-hydrogen) atoms. The van der Waals surface area contributed by atoms with E-state index in [4.69, 9.17) is 4.74 Å². The maximum Gasteiger partial charge on any atom is 0.0548 e. The van der Waals surface area contributed by atoms with Crippen LogP contribution in [0.25, 0.3) is 0 Å². The fourth-order valence-corrected chi connectivity index (χ4v) is 2.42. The Labute approximate surface area is 74.7 Å². The predicted octanol–water partition coefficient (Wildman–Crippen LogP) is 1.27. The number of ether oxygens (including phenoxy) is 1. The normalized spacial score (nSPS) is 28.2. The Morgan fingerprint density at radius 3 is 2.33 bits per heavy atom. The van der Waals surface area contributed by atoms with Gasteiger partial charge in [0.15, 0.2) is 0 Å². The molecule has 0 aromatic heterocycles.